The molecule has 3 rings (SSSR count). The van der Waals surface area contributed by atoms with Crippen LogP contribution in [0.1, 0.15) is 41.1 Å². The van der Waals surface area contributed by atoms with Crippen molar-refractivity contribution in [3.8, 4) is 0 Å². The molecule has 1 aliphatic heterocycles. The lowest BCUT2D eigenvalue weighted by molar-refractivity contribution is -0.128. The molecule has 0 unspecified atom stereocenters. The number of hydrogen-bond acceptors (Lipinski definition) is 5. The highest BCUT2D eigenvalue weighted by Gasteiger charge is 2.32. The molecule has 0 spiro atoms. The van der Waals surface area contributed by atoms with Gasteiger partial charge in [-0.25, -0.2) is 0 Å². The number of hydrogen-bond donors (Lipinski definition) is 2. The second-order valence-corrected chi connectivity index (χ2v) is 8.09. The van der Waals surface area contributed by atoms with Crippen molar-refractivity contribution in [2.24, 2.45) is 5.73 Å². The fourth-order valence-corrected chi connectivity index (χ4v) is 3.95. The summed E-state index contributed by atoms with van der Waals surface area (Å²) in [6, 6.07) is 11.4. The van der Waals surface area contributed by atoms with E-state index in [9.17, 15) is 14.4 Å². The maximum atomic E-state index is 12.5. The second kappa shape index (κ2) is 7.36. The summed E-state index contributed by atoms with van der Waals surface area (Å²) in [7, 11) is 0. The summed E-state index contributed by atoms with van der Waals surface area (Å²) in [5, 5.41) is 3.01. The Hall–Kier alpha value is -2.93. The largest absolute Gasteiger partial charge is 0.481 e. The predicted octanol–water partition coefficient (Wildman–Crippen LogP) is 3.03. The molecule has 0 aliphatic carbocycles. The number of ketones is 1. The lowest BCUT2D eigenvalue weighted by Gasteiger charge is -2.29. The number of ether oxygens (including phenoxy) is 1. The summed E-state index contributed by atoms with van der Waals surface area (Å²) in [6.07, 6.45) is 2.01. The number of amides is 2. The van der Waals surface area contributed by atoms with Gasteiger partial charge >= 0.3 is 0 Å². The Morgan fingerprint density at radius 2 is 1.96 bits per heavy atom. The van der Waals surface area contributed by atoms with E-state index in [1.54, 1.807) is 19.9 Å². The molecule has 7 heteroatoms. The van der Waals surface area contributed by atoms with Crippen LogP contribution in [0.3, 0.4) is 0 Å². The van der Waals surface area contributed by atoms with Crippen molar-refractivity contribution in [1.29, 1.82) is 0 Å². The first-order valence-corrected chi connectivity index (χ1v) is 9.26. The van der Waals surface area contributed by atoms with E-state index >= 15 is 0 Å². The Morgan fingerprint density at radius 3 is 2.59 bits per heavy atom. The Labute approximate surface area is 161 Å². The zero-order valence-corrected chi connectivity index (χ0v) is 15.9. The lowest BCUT2D eigenvalue weighted by Crippen LogP contribution is -2.35. The van der Waals surface area contributed by atoms with Gasteiger partial charge in [0, 0.05) is 23.8 Å². The number of benzene rings is 1. The van der Waals surface area contributed by atoms with Gasteiger partial charge in [-0.05, 0) is 25.5 Å². The number of anilines is 1. The highest BCUT2D eigenvalue weighted by Crippen LogP contribution is 2.31. The second-order valence-electron chi connectivity index (χ2n) is 6.95. The molecule has 27 heavy (non-hydrogen) atoms. The average molecular weight is 384 g/mol. The van der Waals surface area contributed by atoms with E-state index < -0.39 is 17.4 Å². The van der Waals surface area contributed by atoms with E-state index in [1.165, 1.54) is 17.4 Å². The minimum atomic E-state index is -0.751. The molecule has 2 heterocycles. The summed E-state index contributed by atoms with van der Waals surface area (Å²) in [5.41, 5.74) is 6.03. The summed E-state index contributed by atoms with van der Waals surface area (Å²) in [6.45, 7) is 3.48. The first-order valence-electron chi connectivity index (χ1n) is 8.45. The highest BCUT2D eigenvalue weighted by atomic mass is 32.1. The first kappa shape index (κ1) is 18.8. The SMILES string of the molecule is CC1(C)CC(=O)C=C(C(=O)Nc2sc(Cc3ccccc3)cc2C(N)=O)O1. The number of allylic oxidation sites excluding steroid dienone is 1. The van der Waals surface area contributed by atoms with E-state index in [1.807, 2.05) is 30.3 Å². The third kappa shape index (κ3) is 4.62. The van der Waals surface area contributed by atoms with Gasteiger partial charge in [-0.2, -0.15) is 0 Å². The van der Waals surface area contributed by atoms with E-state index in [0.29, 0.717) is 11.4 Å². The van der Waals surface area contributed by atoms with Crippen LogP contribution in [-0.2, 0) is 20.7 Å². The zero-order valence-electron chi connectivity index (χ0n) is 15.1. The molecule has 0 saturated carbocycles. The van der Waals surface area contributed by atoms with Crippen molar-refractivity contribution in [1.82, 2.24) is 0 Å². The average Bonchev–Trinajstić information content (AvgIpc) is 2.96. The van der Waals surface area contributed by atoms with Gasteiger partial charge in [0.15, 0.2) is 11.5 Å². The Bertz CT molecular complexity index is 929. The van der Waals surface area contributed by atoms with Crippen LogP contribution in [0.4, 0.5) is 5.00 Å². The van der Waals surface area contributed by atoms with Crippen LogP contribution in [0.5, 0.6) is 0 Å². The van der Waals surface area contributed by atoms with Crippen molar-refractivity contribution < 1.29 is 19.1 Å². The maximum absolute atomic E-state index is 12.5. The lowest BCUT2D eigenvalue weighted by atomic mass is 9.98. The van der Waals surface area contributed by atoms with Crippen LogP contribution in [0, 0.1) is 0 Å². The van der Waals surface area contributed by atoms with Crippen molar-refractivity contribution >= 4 is 33.9 Å². The van der Waals surface area contributed by atoms with Gasteiger partial charge in [-0.15, -0.1) is 11.3 Å². The molecule has 140 valence electrons. The van der Waals surface area contributed by atoms with Gasteiger partial charge in [-0.3, -0.25) is 14.4 Å². The Morgan fingerprint density at radius 1 is 1.26 bits per heavy atom. The quantitative estimate of drug-likeness (QED) is 0.828. The molecule has 6 nitrogen and oxygen atoms in total. The van der Waals surface area contributed by atoms with Gasteiger partial charge in [0.2, 0.25) is 0 Å². The van der Waals surface area contributed by atoms with Crippen LogP contribution in [0.15, 0.2) is 48.2 Å². The maximum Gasteiger partial charge on any atom is 0.291 e. The minimum absolute atomic E-state index is 0.0651. The Kier molecular flexibility index (Phi) is 5.14. The standard InChI is InChI=1S/C20H20N2O4S/c1-20(2)11-13(23)9-16(26-20)18(25)22-19-15(17(21)24)10-14(27-19)8-12-6-4-3-5-7-12/h3-7,9-10H,8,11H2,1-2H3,(H2,21,24)(H,22,25). The van der Waals surface area contributed by atoms with Crippen LogP contribution in [0.2, 0.25) is 0 Å². The molecular formula is C20H20N2O4S. The third-order valence-electron chi connectivity index (χ3n) is 4.00. The zero-order chi connectivity index (χ0) is 19.6. The van der Waals surface area contributed by atoms with E-state index in [2.05, 4.69) is 5.32 Å². The number of nitrogens with two attached hydrogens (primary N) is 1. The smallest absolute Gasteiger partial charge is 0.291 e. The van der Waals surface area contributed by atoms with Crippen LogP contribution < -0.4 is 11.1 Å². The van der Waals surface area contributed by atoms with Crippen LogP contribution in [-0.4, -0.2) is 23.2 Å². The molecule has 0 radical (unpaired) electrons. The summed E-state index contributed by atoms with van der Waals surface area (Å²) >= 11 is 1.28. The molecule has 3 N–H and O–H groups in total. The predicted molar refractivity (Wildman–Crippen MR) is 104 cm³/mol. The molecular weight excluding hydrogens is 364 g/mol. The Balaban J connectivity index is 1.82. The van der Waals surface area contributed by atoms with Gasteiger partial charge in [0.25, 0.3) is 11.8 Å². The number of thiophene rings is 1. The van der Waals surface area contributed by atoms with Crippen molar-refractivity contribution in [3.63, 3.8) is 0 Å². The summed E-state index contributed by atoms with van der Waals surface area (Å²) in [5.74, 6) is -1.45. The van der Waals surface area contributed by atoms with Gasteiger partial charge in [0.1, 0.15) is 10.6 Å². The van der Waals surface area contributed by atoms with Gasteiger partial charge in [-0.1, -0.05) is 30.3 Å². The number of nitrogens with one attached hydrogen (secondary N) is 1. The van der Waals surface area contributed by atoms with Crippen molar-refractivity contribution in [3.05, 3.63) is 64.2 Å². The molecule has 0 fully saturated rings. The third-order valence-corrected chi connectivity index (χ3v) is 5.05. The number of primary amides is 1. The van der Waals surface area contributed by atoms with E-state index in [-0.39, 0.29) is 23.5 Å². The van der Waals surface area contributed by atoms with Crippen LogP contribution in [0.25, 0.3) is 0 Å². The normalized spacial score (nSPS) is 15.6. The molecule has 1 aliphatic rings. The van der Waals surface area contributed by atoms with Crippen LogP contribution >= 0.6 is 11.3 Å². The molecule has 2 amide bonds. The molecule has 2 aromatic rings. The molecule has 1 aromatic carbocycles. The minimum Gasteiger partial charge on any atom is -0.481 e. The van der Waals surface area contributed by atoms with E-state index in [4.69, 9.17) is 10.5 Å². The molecule has 0 saturated heterocycles. The molecule has 1 aromatic heterocycles. The number of carbonyl (C=O) groups excluding carboxylic acids is 3. The molecule has 0 atom stereocenters. The monoisotopic (exact) mass is 384 g/mol. The fraction of sp³-hybridized carbons (Fsp3) is 0.250. The highest BCUT2D eigenvalue weighted by molar-refractivity contribution is 7.16. The topological polar surface area (TPSA) is 98.5 Å². The number of rotatable bonds is 5. The fourth-order valence-electron chi connectivity index (χ4n) is 2.86. The molecule has 0 bridgehead atoms. The van der Waals surface area contributed by atoms with Gasteiger partial charge in [0.05, 0.1) is 5.56 Å². The summed E-state index contributed by atoms with van der Waals surface area (Å²) in [4.78, 5) is 37.0. The van der Waals surface area contributed by atoms with Crippen molar-refractivity contribution in [2.45, 2.75) is 32.3 Å². The van der Waals surface area contributed by atoms with Gasteiger partial charge < -0.3 is 15.8 Å². The van der Waals surface area contributed by atoms with E-state index in [0.717, 1.165) is 10.4 Å². The first-order chi connectivity index (χ1) is 12.7. The van der Waals surface area contributed by atoms with Crippen molar-refractivity contribution in [2.75, 3.05) is 5.32 Å². The number of carbonyl (C=O) groups is 3. The summed E-state index contributed by atoms with van der Waals surface area (Å²) < 4.78 is 5.60.